The Bertz CT molecular complexity index is 122. The Morgan fingerprint density at radius 3 is 2.00 bits per heavy atom. The molecule has 0 bridgehead atoms. The first-order valence-electron chi connectivity index (χ1n) is 5.43. The number of aliphatic hydroxyl groups is 1. The Labute approximate surface area is 87.1 Å². The number of aliphatic hydroxyl groups excluding tert-OH is 1. The second-order valence-electron chi connectivity index (χ2n) is 3.46. The van der Waals surface area contributed by atoms with E-state index in [0.29, 0.717) is 6.61 Å². The SMILES string of the molecule is CCCCCC(C)C(=O)O.CCCO. The van der Waals surface area contributed by atoms with Gasteiger partial charge in [-0.15, -0.1) is 0 Å². The topological polar surface area (TPSA) is 57.5 Å². The van der Waals surface area contributed by atoms with Crippen LogP contribution < -0.4 is 0 Å². The fraction of sp³-hybridized carbons (Fsp3) is 0.909. The minimum atomic E-state index is -0.670. The van der Waals surface area contributed by atoms with Gasteiger partial charge in [-0.3, -0.25) is 4.79 Å². The highest BCUT2D eigenvalue weighted by Crippen LogP contribution is 2.08. The summed E-state index contributed by atoms with van der Waals surface area (Å²) in [4.78, 5) is 10.3. The number of carbonyl (C=O) groups is 1. The van der Waals surface area contributed by atoms with Crippen molar-refractivity contribution in [1.29, 1.82) is 0 Å². The molecule has 0 aromatic carbocycles. The van der Waals surface area contributed by atoms with E-state index in [-0.39, 0.29) is 5.92 Å². The van der Waals surface area contributed by atoms with E-state index in [1.165, 1.54) is 0 Å². The number of unbranched alkanes of at least 4 members (excludes halogenated alkanes) is 2. The molecule has 0 amide bonds. The van der Waals surface area contributed by atoms with Crippen LogP contribution in [-0.2, 0) is 4.79 Å². The lowest BCUT2D eigenvalue weighted by molar-refractivity contribution is -0.141. The highest BCUT2D eigenvalue weighted by Gasteiger charge is 2.08. The third-order valence-corrected chi connectivity index (χ3v) is 1.89. The Balaban J connectivity index is 0. The van der Waals surface area contributed by atoms with Gasteiger partial charge in [-0.05, 0) is 12.8 Å². The first-order chi connectivity index (χ1) is 6.59. The molecule has 0 rings (SSSR count). The van der Waals surface area contributed by atoms with Crippen molar-refractivity contribution in [2.24, 2.45) is 5.92 Å². The molecule has 86 valence electrons. The molecule has 0 aromatic heterocycles. The monoisotopic (exact) mass is 204 g/mol. The van der Waals surface area contributed by atoms with E-state index in [0.717, 1.165) is 32.1 Å². The quantitative estimate of drug-likeness (QED) is 0.654. The molecule has 2 N–H and O–H groups in total. The average molecular weight is 204 g/mol. The first kappa shape index (κ1) is 15.9. The van der Waals surface area contributed by atoms with Gasteiger partial charge in [0.1, 0.15) is 0 Å². The summed E-state index contributed by atoms with van der Waals surface area (Å²) in [5, 5.41) is 16.4. The molecule has 0 saturated heterocycles. The Hall–Kier alpha value is -0.570. The van der Waals surface area contributed by atoms with Crippen LogP contribution in [0.2, 0.25) is 0 Å². The minimum absolute atomic E-state index is 0.161. The first-order valence-corrected chi connectivity index (χ1v) is 5.43. The molecule has 0 aromatic rings. The van der Waals surface area contributed by atoms with Crippen molar-refractivity contribution in [3.63, 3.8) is 0 Å². The van der Waals surface area contributed by atoms with E-state index < -0.39 is 5.97 Å². The molecule has 0 radical (unpaired) electrons. The summed E-state index contributed by atoms with van der Waals surface area (Å²) >= 11 is 0. The van der Waals surface area contributed by atoms with Crippen LogP contribution in [0.1, 0.15) is 52.9 Å². The van der Waals surface area contributed by atoms with Crippen LogP contribution in [0, 0.1) is 5.92 Å². The van der Waals surface area contributed by atoms with Gasteiger partial charge in [0.05, 0.1) is 5.92 Å². The van der Waals surface area contributed by atoms with E-state index in [9.17, 15) is 4.79 Å². The smallest absolute Gasteiger partial charge is 0.306 e. The van der Waals surface area contributed by atoms with E-state index >= 15 is 0 Å². The summed E-state index contributed by atoms with van der Waals surface area (Å²) in [5.74, 6) is -0.831. The van der Waals surface area contributed by atoms with Gasteiger partial charge in [-0.2, -0.15) is 0 Å². The molecule has 0 aliphatic rings. The lowest BCUT2D eigenvalue weighted by Gasteiger charge is -2.03. The molecule has 0 spiro atoms. The predicted octanol–water partition coefficient (Wildman–Crippen LogP) is 2.68. The lowest BCUT2D eigenvalue weighted by Crippen LogP contribution is -2.08. The molecule has 3 nitrogen and oxygen atoms in total. The molecule has 3 heteroatoms. The van der Waals surface area contributed by atoms with Crippen molar-refractivity contribution in [3.05, 3.63) is 0 Å². The molecular weight excluding hydrogens is 180 g/mol. The fourth-order valence-electron chi connectivity index (χ4n) is 0.824. The molecule has 0 saturated carbocycles. The summed E-state index contributed by atoms with van der Waals surface area (Å²) in [6, 6.07) is 0. The van der Waals surface area contributed by atoms with E-state index in [1.807, 2.05) is 6.92 Å². The van der Waals surface area contributed by atoms with Crippen molar-refractivity contribution < 1.29 is 15.0 Å². The summed E-state index contributed by atoms with van der Waals surface area (Å²) < 4.78 is 0. The molecule has 0 aliphatic heterocycles. The number of aliphatic carboxylic acids is 1. The molecular formula is C11H24O3. The van der Waals surface area contributed by atoms with Crippen LogP contribution in [0.25, 0.3) is 0 Å². The van der Waals surface area contributed by atoms with Gasteiger partial charge < -0.3 is 10.2 Å². The summed E-state index contributed by atoms with van der Waals surface area (Å²) in [6.07, 6.45) is 5.05. The lowest BCUT2D eigenvalue weighted by atomic mass is 10.0. The predicted molar refractivity (Wildman–Crippen MR) is 58.3 cm³/mol. The fourth-order valence-corrected chi connectivity index (χ4v) is 0.824. The summed E-state index contributed by atoms with van der Waals surface area (Å²) in [6.45, 7) is 6.13. The second-order valence-corrected chi connectivity index (χ2v) is 3.46. The highest BCUT2D eigenvalue weighted by atomic mass is 16.4. The number of carboxylic acid groups (broad SMARTS) is 1. The van der Waals surface area contributed by atoms with Gasteiger partial charge in [0.15, 0.2) is 0 Å². The van der Waals surface area contributed by atoms with Crippen LogP contribution in [0.15, 0.2) is 0 Å². The van der Waals surface area contributed by atoms with Crippen LogP contribution in [0.5, 0.6) is 0 Å². The number of hydrogen-bond donors (Lipinski definition) is 2. The zero-order valence-corrected chi connectivity index (χ0v) is 9.62. The van der Waals surface area contributed by atoms with Crippen LogP contribution >= 0.6 is 0 Å². The number of rotatable bonds is 6. The zero-order valence-electron chi connectivity index (χ0n) is 9.62. The van der Waals surface area contributed by atoms with Crippen LogP contribution in [0.3, 0.4) is 0 Å². The molecule has 0 heterocycles. The molecule has 14 heavy (non-hydrogen) atoms. The van der Waals surface area contributed by atoms with Gasteiger partial charge in [-0.1, -0.05) is 40.0 Å². The highest BCUT2D eigenvalue weighted by molar-refractivity contribution is 5.69. The summed E-state index contributed by atoms with van der Waals surface area (Å²) in [5.41, 5.74) is 0. The zero-order chi connectivity index (χ0) is 11.4. The summed E-state index contributed by atoms with van der Waals surface area (Å²) in [7, 11) is 0. The van der Waals surface area contributed by atoms with Crippen molar-refractivity contribution in [3.8, 4) is 0 Å². The van der Waals surface area contributed by atoms with Crippen molar-refractivity contribution in [2.45, 2.75) is 52.9 Å². The van der Waals surface area contributed by atoms with Crippen molar-refractivity contribution in [1.82, 2.24) is 0 Å². The second kappa shape index (κ2) is 12.4. The van der Waals surface area contributed by atoms with Gasteiger partial charge in [0.25, 0.3) is 0 Å². The molecule has 1 unspecified atom stereocenters. The average Bonchev–Trinajstić information content (AvgIpc) is 2.18. The molecule has 0 fully saturated rings. The van der Waals surface area contributed by atoms with Crippen molar-refractivity contribution >= 4 is 5.97 Å². The van der Waals surface area contributed by atoms with Gasteiger partial charge in [0.2, 0.25) is 0 Å². The van der Waals surface area contributed by atoms with E-state index in [2.05, 4.69) is 6.92 Å². The standard InChI is InChI=1S/C8H16O2.C3H8O/c1-3-4-5-6-7(2)8(9)10;1-2-3-4/h7H,3-6H2,1-2H3,(H,9,10);4H,2-3H2,1H3. The normalized spacial score (nSPS) is 11.4. The van der Waals surface area contributed by atoms with E-state index in [4.69, 9.17) is 10.2 Å². The third kappa shape index (κ3) is 14.0. The Kier molecular flexibility index (Phi) is 14.1. The molecule has 0 aliphatic carbocycles. The Morgan fingerprint density at radius 1 is 1.21 bits per heavy atom. The molecule has 1 atom stereocenters. The maximum atomic E-state index is 10.3. The van der Waals surface area contributed by atoms with Crippen molar-refractivity contribution in [2.75, 3.05) is 6.61 Å². The van der Waals surface area contributed by atoms with Crippen LogP contribution in [0.4, 0.5) is 0 Å². The number of hydrogen-bond acceptors (Lipinski definition) is 2. The minimum Gasteiger partial charge on any atom is -0.481 e. The number of carboxylic acids is 1. The third-order valence-electron chi connectivity index (χ3n) is 1.89. The largest absolute Gasteiger partial charge is 0.481 e. The maximum absolute atomic E-state index is 10.3. The van der Waals surface area contributed by atoms with Gasteiger partial charge >= 0.3 is 5.97 Å². The van der Waals surface area contributed by atoms with Gasteiger partial charge in [-0.25, -0.2) is 0 Å². The van der Waals surface area contributed by atoms with Gasteiger partial charge in [0, 0.05) is 6.61 Å². The van der Waals surface area contributed by atoms with E-state index in [1.54, 1.807) is 6.92 Å². The Morgan fingerprint density at radius 2 is 1.71 bits per heavy atom. The van der Waals surface area contributed by atoms with Crippen LogP contribution in [-0.4, -0.2) is 22.8 Å². The maximum Gasteiger partial charge on any atom is 0.306 e.